The van der Waals surface area contributed by atoms with Crippen LogP contribution in [0.3, 0.4) is 0 Å². The Morgan fingerprint density at radius 2 is 2.19 bits per heavy atom. The molecule has 0 spiro atoms. The summed E-state index contributed by atoms with van der Waals surface area (Å²) in [6, 6.07) is 5.88. The Morgan fingerprint density at radius 1 is 1.50 bits per heavy atom. The average Bonchev–Trinajstić information content (AvgIpc) is 2.51. The molecule has 84 valence electrons. The van der Waals surface area contributed by atoms with Gasteiger partial charge in [0.2, 0.25) is 0 Å². The van der Waals surface area contributed by atoms with Gasteiger partial charge < -0.3 is 5.11 Å². The summed E-state index contributed by atoms with van der Waals surface area (Å²) in [5, 5.41) is 14.3. The van der Waals surface area contributed by atoms with E-state index in [1.54, 1.807) is 18.7 Å². The Morgan fingerprint density at radius 3 is 2.81 bits per heavy atom. The van der Waals surface area contributed by atoms with Crippen LogP contribution in [0.4, 0.5) is 0 Å². The van der Waals surface area contributed by atoms with E-state index in [1.165, 1.54) is 0 Å². The van der Waals surface area contributed by atoms with Gasteiger partial charge in [0.05, 0.1) is 17.1 Å². The van der Waals surface area contributed by atoms with Crippen molar-refractivity contribution in [3.63, 3.8) is 0 Å². The average molecular weight is 218 g/mol. The van der Waals surface area contributed by atoms with Crippen molar-refractivity contribution < 1.29 is 9.90 Å². The highest BCUT2D eigenvalue weighted by Gasteiger charge is 2.21. The van der Waals surface area contributed by atoms with E-state index in [1.807, 2.05) is 25.1 Å². The zero-order valence-electron chi connectivity index (χ0n) is 9.56. The predicted molar refractivity (Wildman–Crippen MR) is 61.5 cm³/mol. The maximum Gasteiger partial charge on any atom is 0.312 e. The quantitative estimate of drug-likeness (QED) is 0.839. The van der Waals surface area contributed by atoms with Crippen molar-refractivity contribution in [2.24, 2.45) is 7.05 Å². The molecule has 0 fully saturated rings. The molecule has 4 nitrogen and oxygen atoms in total. The third-order valence-corrected chi connectivity index (χ3v) is 2.82. The molecule has 1 N–H and O–H groups in total. The van der Waals surface area contributed by atoms with Crippen LogP contribution in [-0.4, -0.2) is 20.9 Å². The number of hydrogen-bond donors (Lipinski definition) is 1. The fraction of sp³-hybridized carbons (Fsp3) is 0.333. The monoisotopic (exact) mass is 218 g/mol. The fourth-order valence-electron chi connectivity index (χ4n) is 1.96. The second-order valence-electron chi connectivity index (χ2n) is 4.09. The molecule has 1 atom stereocenters. The van der Waals surface area contributed by atoms with Gasteiger partial charge in [-0.1, -0.05) is 12.1 Å². The molecule has 0 aliphatic rings. The molecular formula is C12H14N2O2. The Bertz CT molecular complexity index is 557. The number of aryl methyl sites for hydroxylation is 2. The van der Waals surface area contributed by atoms with Crippen LogP contribution in [0.2, 0.25) is 0 Å². The van der Waals surface area contributed by atoms with Gasteiger partial charge in [0.25, 0.3) is 0 Å². The highest BCUT2D eigenvalue weighted by Crippen LogP contribution is 2.25. The van der Waals surface area contributed by atoms with Gasteiger partial charge in [-0.25, -0.2) is 0 Å². The molecule has 4 heteroatoms. The number of benzene rings is 1. The number of carboxylic acid groups (broad SMARTS) is 1. The number of carbonyl (C=O) groups is 1. The van der Waals surface area contributed by atoms with Crippen molar-refractivity contribution in [1.82, 2.24) is 9.78 Å². The number of carboxylic acids is 1. The Labute approximate surface area is 93.5 Å². The third-order valence-electron chi connectivity index (χ3n) is 2.82. The summed E-state index contributed by atoms with van der Waals surface area (Å²) in [6.07, 6.45) is 0. The molecule has 0 saturated heterocycles. The fourth-order valence-corrected chi connectivity index (χ4v) is 1.96. The van der Waals surface area contributed by atoms with Crippen molar-refractivity contribution in [2.75, 3.05) is 0 Å². The number of nitrogens with zero attached hydrogens (tertiary/aromatic N) is 2. The first kappa shape index (κ1) is 10.7. The van der Waals surface area contributed by atoms with Crippen LogP contribution in [0.15, 0.2) is 18.2 Å². The van der Waals surface area contributed by atoms with Crippen LogP contribution in [-0.2, 0) is 11.8 Å². The Hall–Kier alpha value is -1.84. The minimum atomic E-state index is -0.828. The van der Waals surface area contributed by atoms with E-state index in [0.717, 1.165) is 22.2 Å². The van der Waals surface area contributed by atoms with Crippen LogP contribution in [0.1, 0.15) is 24.1 Å². The van der Waals surface area contributed by atoms with Crippen molar-refractivity contribution in [1.29, 1.82) is 0 Å². The van der Waals surface area contributed by atoms with E-state index in [-0.39, 0.29) is 0 Å². The van der Waals surface area contributed by atoms with Gasteiger partial charge in [-0.15, -0.1) is 0 Å². The van der Waals surface area contributed by atoms with Crippen molar-refractivity contribution >= 4 is 16.9 Å². The van der Waals surface area contributed by atoms with Gasteiger partial charge in [0.15, 0.2) is 0 Å². The number of fused-ring (bicyclic) bond motifs is 1. The molecule has 1 unspecified atom stereocenters. The first-order valence-electron chi connectivity index (χ1n) is 5.16. The SMILES string of the molecule is Cc1ccc2c(C(C)C(=O)O)n(C)nc2c1. The van der Waals surface area contributed by atoms with E-state index >= 15 is 0 Å². The van der Waals surface area contributed by atoms with Gasteiger partial charge in [-0.3, -0.25) is 9.48 Å². The molecule has 1 aromatic heterocycles. The lowest BCUT2D eigenvalue weighted by atomic mass is 10.0. The topological polar surface area (TPSA) is 55.1 Å². The van der Waals surface area contributed by atoms with Crippen LogP contribution in [0.25, 0.3) is 10.9 Å². The Kier molecular flexibility index (Phi) is 2.42. The van der Waals surface area contributed by atoms with Crippen molar-refractivity contribution in [2.45, 2.75) is 19.8 Å². The molecule has 1 heterocycles. The first-order valence-corrected chi connectivity index (χ1v) is 5.16. The van der Waals surface area contributed by atoms with Gasteiger partial charge >= 0.3 is 5.97 Å². The minimum Gasteiger partial charge on any atom is -0.481 e. The molecule has 1 aromatic carbocycles. The maximum absolute atomic E-state index is 11.0. The second-order valence-corrected chi connectivity index (χ2v) is 4.09. The lowest BCUT2D eigenvalue weighted by Crippen LogP contribution is -2.12. The predicted octanol–water partition coefficient (Wildman–Crippen LogP) is 2.07. The van der Waals surface area contributed by atoms with E-state index < -0.39 is 11.9 Å². The van der Waals surface area contributed by atoms with E-state index in [2.05, 4.69) is 5.10 Å². The maximum atomic E-state index is 11.0. The summed E-state index contributed by atoms with van der Waals surface area (Å²) in [7, 11) is 1.78. The summed E-state index contributed by atoms with van der Waals surface area (Å²) in [5.74, 6) is -1.37. The molecule has 0 amide bonds. The van der Waals surface area contributed by atoms with Gasteiger partial charge in [0, 0.05) is 12.4 Å². The van der Waals surface area contributed by atoms with E-state index in [9.17, 15) is 4.79 Å². The molecule has 0 bridgehead atoms. The van der Waals surface area contributed by atoms with Gasteiger partial charge in [-0.05, 0) is 25.5 Å². The number of hydrogen-bond acceptors (Lipinski definition) is 2. The van der Waals surface area contributed by atoms with Crippen LogP contribution in [0, 0.1) is 6.92 Å². The normalized spacial score (nSPS) is 12.9. The third kappa shape index (κ3) is 1.56. The number of rotatable bonds is 2. The molecule has 2 aromatic rings. The standard InChI is InChI=1S/C12H14N2O2/c1-7-4-5-9-10(6-7)13-14(3)11(9)8(2)12(15)16/h4-6,8H,1-3H3,(H,15,16). The largest absolute Gasteiger partial charge is 0.481 e. The zero-order valence-corrected chi connectivity index (χ0v) is 9.56. The molecule has 0 aliphatic heterocycles. The van der Waals surface area contributed by atoms with E-state index in [4.69, 9.17) is 5.11 Å². The molecule has 0 aliphatic carbocycles. The first-order chi connectivity index (χ1) is 7.50. The summed E-state index contributed by atoms with van der Waals surface area (Å²) >= 11 is 0. The highest BCUT2D eigenvalue weighted by molar-refractivity contribution is 5.88. The van der Waals surface area contributed by atoms with Crippen LogP contribution in [0.5, 0.6) is 0 Å². The molecule has 16 heavy (non-hydrogen) atoms. The molecule has 2 rings (SSSR count). The smallest absolute Gasteiger partial charge is 0.312 e. The van der Waals surface area contributed by atoms with Gasteiger partial charge in [0.1, 0.15) is 0 Å². The van der Waals surface area contributed by atoms with Crippen molar-refractivity contribution in [3.05, 3.63) is 29.5 Å². The van der Waals surface area contributed by atoms with Gasteiger partial charge in [-0.2, -0.15) is 5.10 Å². The lowest BCUT2D eigenvalue weighted by Gasteiger charge is -2.07. The summed E-state index contributed by atoms with van der Waals surface area (Å²) < 4.78 is 1.66. The summed E-state index contributed by atoms with van der Waals surface area (Å²) in [4.78, 5) is 11.0. The summed E-state index contributed by atoms with van der Waals surface area (Å²) in [6.45, 7) is 3.67. The molecule has 0 radical (unpaired) electrons. The Balaban J connectivity index is 2.69. The van der Waals surface area contributed by atoms with Crippen LogP contribution < -0.4 is 0 Å². The van der Waals surface area contributed by atoms with Crippen molar-refractivity contribution in [3.8, 4) is 0 Å². The zero-order chi connectivity index (χ0) is 11.9. The second kappa shape index (κ2) is 3.63. The number of aromatic nitrogens is 2. The lowest BCUT2D eigenvalue weighted by molar-refractivity contribution is -0.138. The summed E-state index contributed by atoms with van der Waals surface area (Å²) in [5.41, 5.74) is 2.73. The van der Waals surface area contributed by atoms with E-state index in [0.29, 0.717) is 0 Å². The number of aliphatic carboxylic acids is 1. The van der Waals surface area contributed by atoms with Crippen LogP contribution >= 0.6 is 0 Å². The molecule has 0 saturated carbocycles. The highest BCUT2D eigenvalue weighted by atomic mass is 16.4. The molecular weight excluding hydrogens is 204 g/mol. The minimum absolute atomic E-state index is 0.544.